The van der Waals surface area contributed by atoms with Crippen molar-refractivity contribution in [3.63, 3.8) is 0 Å². The smallest absolute Gasteiger partial charge is 0.449 e. The van der Waals surface area contributed by atoms with E-state index in [2.05, 4.69) is 23.7 Å². The van der Waals surface area contributed by atoms with E-state index in [1.807, 2.05) is 0 Å². The van der Waals surface area contributed by atoms with Crippen LogP contribution < -0.4 is 0 Å². The quantitative estimate of drug-likeness (QED) is 0.303. The summed E-state index contributed by atoms with van der Waals surface area (Å²) >= 11 is 0. The Morgan fingerprint density at radius 2 is 0.853 bits per heavy atom. The summed E-state index contributed by atoms with van der Waals surface area (Å²) in [6.07, 6.45) is -36.8. The predicted octanol–water partition coefficient (Wildman–Crippen LogP) is 1.87. The molecule has 0 bridgehead atoms. The summed E-state index contributed by atoms with van der Waals surface area (Å²) in [5.74, 6) is -13.3. The molecule has 1 heterocycles. The molecule has 196 valence electrons. The first-order chi connectivity index (χ1) is 15.0. The third-order valence-electron chi connectivity index (χ3n) is 3.28. The second-order valence-electron chi connectivity index (χ2n) is 5.78. The van der Waals surface area contributed by atoms with Crippen molar-refractivity contribution in [3.05, 3.63) is 0 Å². The Kier molecular flexibility index (Phi) is 8.28. The van der Waals surface area contributed by atoms with Gasteiger partial charge in [0.1, 0.15) is 0 Å². The van der Waals surface area contributed by atoms with Crippen molar-refractivity contribution in [3.8, 4) is 0 Å². The molecule has 0 aromatic heterocycles. The summed E-state index contributed by atoms with van der Waals surface area (Å²) in [4.78, 5) is 44.0. The van der Waals surface area contributed by atoms with Crippen LogP contribution in [0.3, 0.4) is 0 Å². The van der Waals surface area contributed by atoms with Gasteiger partial charge in [-0.3, -0.25) is 0 Å². The molecular formula is C13H6F12O9. The predicted molar refractivity (Wildman–Crippen MR) is 69.7 cm³/mol. The summed E-state index contributed by atoms with van der Waals surface area (Å²) in [5.41, 5.74) is 0. The van der Waals surface area contributed by atoms with E-state index in [0.717, 1.165) is 0 Å². The van der Waals surface area contributed by atoms with Gasteiger partial charge in [0.05, 0.1) is 6.61 Å². The molecule has 4 unspecified atom stereocenters. The molecule has 1 aliphatic heterocycles. The van der Waals surface area contributed by atoms with Crippen LogP contribution in [-0.4, -0.2) is 79.8 Å². The molecule has 9 nitrogen and oxygen atoms in total. The molecule has 0 amide bonds. The van der Waals surface area contributed by atoms with E-state index in [1.165, 1.54) is 0 Å². The van der Waals surface area contributed by atoms with Gasteiger partial charge >= 0.3 is 48.6 Å². The Bertz CT molecular complexity index is 731. The molecule has 0 radical (unpaired) electrons. The monoisotopic (exact) mass is 534 g/mol. The minimum absolute atomic E-state index is 1.74. The maximum Gasteiger partial charge on any atom is 0.491 e. The lowest BCUT2D eigenvalue weighted by Gasteiger charge is -2.40. The highest BCUT2D eigenvalue weighted by Gasteiger charge is 2.57. The molecule has 0 spiro atoms. The Morgan fingerprint density at radius 3 is 1.24 bits per heavy atom. The molecule has 0 N–H and O–H groups in total. The Morgan fingerprint density at radius 1 is 0.529 bits per heavy atom. The number of hydrogen-bond acceptors (Lipinski definition) is 9. The molecule has 0 saturated carbocycles. The number of carbonyl (C=O) groups is 4. The molecule has 4 atom stereocenters. The number of alkyl halides is 12. The van der Waals surface area contributed by atoms with Gasteiger partial charge in [0.2, 0.25) is 12.4 Å². The minimum atomic E-state index is -6.03. The number of halogens is 12. The highest BCUT2D eigenvalue weighted by atomic mass is 19.4. The molecule has 34 heavy (non-hydrogen) atoms. The van der Waals surface area contributed by atoms with Crippen molar-refractivity contribution in [2.24, 2.45) is 0 Å². The van der Waals surface area contributed by atoms with Gasteiger partial charge in [-0.05, 0) is 0 Å². The average Bonchev–Trinajstić information content (AvgIpc) is 2.62. The highest BCUT2D eigenvalue weighted by molar-refractivity contribution is 5.78. The van der Waals surface area contributed by atoms with Crippen molar-refractivity contribution in [1.29, 1.82) is 0 Å². The maximum absolute atomic E-state index is 12.5. The van der Waals surface area contributed by atoms with Gasteiger partial charge in [-0.25, -0.2) is 19.2 Å². The molecule has 21 heteroatoms. The van der Waals surface area contributed by atoms with Gasteiger partial charge in [0, 0.05) is 0 Å². The summed E-state index contributed by atoms with van der Waals surface area (Å²) in [6, 6.07) is 0. The van der Waals surface area contributed by atoms with E-state index in [4.69, 9.17) is 0 Å². The number of ether oxygens (including phenoxy) is 5. The number of hydrogen-bond donors (Lipinski definition) is 0. The first kappa shape index (κ1) is 29.0. The second-order valence-corrected chi connectivity index (χ2v) is 5.78. The summed E-state index contributed by atoms with van der Waals surface area (Å²) < 4.78 is 168. The number of rotatable bonds is 4. The van der Waals surface area contributed by atoms with Crippen LogP contribution in [0.4, 0.5) is 52.7 Å². The van der Waals surface area contributed by atoms with Gasteiger partial charge in [-0.2, -0.15) is 52.7 Å². The second kappa shape index (κ2) is 9.70. The van der Waals surface area contributed by atoms with Crippen LogP contribution in [0.25, 0.3) is 0 Å². The van der Waals surface area contributed by atoms with E-state index in [0.29, 0.717) is 0 Å². The fourth-order valence-electron chi connectivity index (χ4n) is 1.97. The summed E-state index contributed by atoms with van der Waals surface area (Å²) in [5, 5.41) is 0. The molecule has 1 fully saturated rings. The SMILES string of the molecule is O=C(OC1COC(OC(=O)C(F)(F)F)C(OC(=O)C(F)(F)F)C1OC(=O)C(F)(F)F)C(F)(F)F. The van der Waals surface area contributed by atoms with Gasteiger partial charge in [0.25, 0.3) is 0 Å². The Hall–Kier alpha value is -3.00. The zero-order chi connectivity index (χ0) is 26.9. The molecule has 1 aliphatic rings. The van der Waals surface area contributed by atoms with Crippen LogP contribution in [0, 0.1) is 0 Å². The fraction of sp³-hybridized carbons (Fsp3) is 0.692. The first-order valence-electron chi connectivity index (χ1n) is 7.78. The van der Waals surface area contributed by atoms with Crippen molar-refractivity contribution < 1.29 is 95.5 Å². The zero-order valence-electron chi connectivity index (χ0n) is 15.2. The first-order valence-corrected chi connectivity index (χ1v) is 7.78. The highest BCUT2D eigenvalue weighted by Crippen LogP contribution is 2.32. The fourth-order valence-corrected chi connectivity index (χ4v) is 1.97. The lowest BCUT2D eigenvalue weighted by atomic mass is 10.0. The molecule has 1 rings (SSSR count). The van der Waals surface area contributed by atoms with Gasteiger partial charge in [0.15, 0.2) is 12.2 Å². The van der Waals surface area contributed by atoms with Crippen LogP contribution in [0.15, 0.2) is 0 Å². The van der Waals surface area contributed by atoms with Crippen molar-refractivity contribution in [1.82, 2.24) is 0 Å². The van der Waals surface area contributed by atoms with Crippen LogP contribution in [-0.2, 0) is 42.9 Å². The van der Waals surface area contributed by atoms with E-state index in [-0.39, 0.29) is 0 Å². The number of esters is 4. The molecule has 1 saturated heterocycles. The topological polar surface area (TPSA) is 114 Å². The minimum Gasteiger partial charge on any atom is -0.449 e. The molecule has 0 aromatic rings. The van der Waals surface area contributed by atoms with Crippen LogP contribution in [0.1, 0.15) is 0 Å². The van der Waals surface area contributed by atoms with Crippen LogP contribution in [0.2, 0.25) is 0 Å². The van der Waals surface area contributed by atoms with Gasteiger partial charge in [-0.15, -0.1) is 0 Å². The lowest BCUT2D eigenvalue weighted by Crippen LogP contribution is -2.60. The molecule has 0 aromatic carbocycles. The third-order valence-corrected chi connectivity index (χ3v) is 3.28. The Labute approximate surface area is 176 Å². The average molecular weight is 534 g/mol. The largest absolute Gasteiger partial charge is 0.491 e. The van der Waals surface area contributed by atoms with Gasteiger partial charge < -0.3 is 23.7 Å². The normalized spacial score (nSPS) is 24.1. The van der Waals surface area contributed by atoms with E-state index in [1.54, 1.807) is 0 Å². The van der Waals surface area contributed by atoms with Crippen LogP contribution in [0.5, 0.6) is 0 Å². The Balaban J connectivity index is 3.45. The van der Waals surface area contributed by atoms with Crippen molar-refractivity contribution in [2.45, 2.75) is 49.3 Å². The van der Waals surface area contributed by atoms with E-state index < -0.39 is 79.8 Å². The molecule has 0 aliphatic carbocycles. The summed E-state index contributed by atoms with van der Waals surface area (Å²) in [7, 11) is 0. The number of carbonyl (C=O) groups excluding carboxylic acids is 4. The van der Waals surface area contributed by atoms with E-state index >= 15 is 0 Å². The lowest BCUT2D eigenvalue weighted by molar-refractivity contribution is -0.300. The van der Waals surface area contributed by atoms with Crippen molar-refractivity contribution in [2.75, 3.05) is 6.61 Å². The summed E-state index contributed by atoms with van der Waals surface area (Å²) in [6.45, 7) is -1.74. The maximum atomic E-state index is 12.5. The van der Waals surface area contributed by atoms with Crippen molar-refractivity contribution >= 4 is 23.9 Å². The molecular weight excluding hydrogens is 528 g/mol. The standard InChI is InChI=1S/C13H6F12O9/c14-10(15,16)6(26)31-2-1-30-5(34-9(29)13(23,24)25)4(33-8(28)12(20,21)22)3(2)32-7(27)11(17,18)19/h2-5H,1H2. The van der Waals surface area contributed by atoms with E-state index in [9.17, 15) is 71.9 Å². The zero-order valence-corrected chi connectivity index (χ0v) is 15.2. The van der Waals surface area contributed by atoms with Gasteiger partial charge in [-0.1, -0.05) is 0 Å². The third kappa shape index (κ3) is 7.80. The van der Waals surface area contributed by atoms with Crippen LogP contribution >= 0.6 is 0 Å².